The Kier molecular flexibility index (Phi) is 8.15. The molecule has 7 heteroatoms. The second-order valence-corrected chi connectivity index (χ2v) is 10.1. The van der Waals surface area contributed by atoms with Crippen molar-refractivity contribution in [2.75, 3.05) is 40.3 Å². The smallest absolute Gasteiger partial charge is 0.222 e. The Labute approximate surface area is 191 Å². The molecule has 1 aromatic carbocycles. The van der Waals surface area contributed by atoms with E-state index >= 15 is 0 Å². The number of rotatable bonds is 10. The maximum atomic E-state index is 13.8. The summed E-state index contributed by atoms with van der Waals surface area (Å²) in [4.78, 5) is 29.3. The number of methoxy groups -OCH3 is 1. The molecule has 2 saturated heterocycles. The van der Waals surface area contributed by atoms with Crippen molar-refractivity contribution in [3.63, 3.8) is 0 Å². The van der Waals surface area contributed by atoms with Crippen LogP contribution in [-0.4, -0.2) is 67.5 Å². The van der Waals surface area contributed by atoms with Gasteiger partial charge in [-0.15, -0.1) is 0 Å². The third-order valence-corrected chi connectivity index (χ3v) is 6.76. The lowest BCUT2D eigenvalue weighted by Gasteiger charge is -2.30. The van der Waals surface area contributed by atoms with Gasteiger partial charge in [-0.05, 0) is 61.8 Å². The van der Waals surface area contributed by atoms with Gasteiger partial charge in [0.25, 0.3) is 0 Å². The monoisotopic (exact) mass is 447 g/mol. The van der Waals surface area contributed by atoms with Gasteiger partial charge in [0.05, 0.1) is 7.11 Å². The SMILES string of the molecule is COc1cc(CC2(CCC(=O)N(C)CC3CCN(CC(C)C)C3)CCC(=O)N2)ccc1F. The summed E-state index contributed by atoms with van der Waals surface area (Å²) in [7, 11) is 3.33. The van der Waals surface area contributed by atoms with Crippen LogP contribution in [0.25, 0.3) is 0 Å². The second kappa shape index (κ2) is 10.6. The minimum atomic E-state index is -0.474. The number of nitrogens with one attached hydrogen (secondary N) is 1. The van der Waals surface area contributed by atoms with Crippen LogP contribution in [0.3, 0.4) is 0 Å². The van der Waals surface area contributed by atoms with Gasteiger partial charge in [0.2, 0.25) is 11.8 Å². The Balaban J connectivity index is 1.56. The molecule has 2 aliphatic heterocycles. The van der Waals surface area contributed by atoms with Gasteiger partial charge in [-0.1, -0.05) is 19.9 Å². The van der Waals surface area contributed by atoms with Crippen molar-refractivity contribution in [1.82, 2.24) is 15.1 Å². The topological polar surface area (TPSA) is 61.9 Å². The zero-order chi connectivity index (χ0) is 23.3. The lowest BCUT2D eigenvalue weighted by atomic mass is 9.84. The van der Waals surface area contributed by atoms with Crippen LogP contribution >= 0.6 is 0 Å². The van der Waals surface area contributed by atoms with Gasteiger partial charge in [-0.25, -0.2) is 4.39 Å². The molecule has 1 aromatic rings. The van der Waals surface area contributed by atoms with E-state index in [0.29, 0.717) is 43.9 Å². The molecule has 3 rings (SSSR count). The summed E-state index contributed by atoms with van der Waals surface area (Å²) in [5.74, 6) is 1.10. The molecule has 0 saturated carbocycles. The Morgan fingerprint density at radius 1 is 1.41 bits per heavy atom. The highest BCUT2D eigenvalue weighted by Gasteiger charge is 2.38. The summed E-state index contributed by atoms with van der Waals surface area (Å²) in [6.45, 7) is 8.54. The highest BCUT2D eigenvalue weighted by molar-refractivity contribution is 5.80. The lowest BCUT2D eigenvalue weighted by molar-refractivity contribution is -0.131. The summed E-state index contributed by atoms with van der Waals surface area (Å²) in [5.41, 5.74) is 0.417. The Morgan fingerprint density at radius 2 is 2.19 bits per heavy atom. The predicted octanol–water partition coefficient (Wildman–Crippen LogP) is 3.24. The Morgan fingerprint density at radius 3 is 2.84 bits per heavy atom. The van der Waals surface area contributed by atoms with Crippen molar-refractivity contribution >= 4 is 11.8 Å². The van der Waals surface area contributed by atoms with Crippen molar-refractivity contribution < 1.29 is 18.7 Å². The van der Waals surface area contributed by atoms with Crippen molar-refractivity contribution in [2.45, 2.75) is 57.9 Å². The molecule has 2 aliphatic rings. The maximum absolute atomic E-state index is 13.8. The van der Waals surface area contributed by atoms with E-state index in [1.165, 1.54) is 13.2 Å². The lowest BCUT2D eigenvalue weighted by Crippen LogP contribution is -2.45. The number of hydrogen-bond acceptors (Lipinski definition) is 4. The summed E-state index contributed by atoms with van der Waals surface area (Å²) >= 11 is 0. The van der Waals surface area contributed by atoms with Crippen LogP contribution in [0.1, 0.15) is 51.5 Å². The minimum Gasteiger partial charge on any atom is -0.494 e. The largest absolute Gasteiger partial charge is 0.494 e. The van der Waals surface area contributed by atoms with E-state index in [1.54, 1.807) is 12.1 Å². The van der Waals surface area contributed by atoms with Crippen molar-refractivity contribution in [2.24, 2.45) is 11.8 Å². The molecule has 0 bridgehead atoms. The van der Waals surface area contributed by atoms with E-state index in [1.807, 2.05) is 11.9 Å². The van der Waals surface area contributed by atoms with Gasteiger partial charge < -0.3 is 19.9 Å². The minimum absolute atomic E-state index is 0.0103. The Hall–Kier alpha value is -2.15. The fourth-order valence-corrected chi connectivity index (χ4v) is 5.16. The molecular formula is C25H38FN3O3. The first-order chi connectivity index (χ1) is 15.2. The predicted molar refractivity (Wildman–Crippen MR) is 123 cm³/mol. The zero-order valence-electron chi connectivity index (χ0n) is 20.0. The quantitative estimate of drug-likeness (QED) is 0.598. The van der Waals surface area contributed by atoms with Crippen molar-refractivity contribution in [1.29, 1.82) is 0 Å². The number of hydrogen-bond donors (Lipinski definition) is 1. The average Bonchev–Trinajstić information content (AvgIpc) is 3.33. The average molecular weight is 448 g/mol. The molecule has 2 fully saturated rings. The van der Waals surface area contributed by atoms with Crippen LogP contribution in [0.5, 0.6) is 5.75 Å². The van der Waals surface area contributed by atoms with Crippen LogP contribution in [0, 0.1) is 17.7 Å². The van der Waals surface area contributed by atoms with Gasteiger partial charge >= 0.3 is 0 Å². The van der Waals surface area contributed by atoms with Crippen LogP contribution in [0.15, 0.2) is 18.2 Å². The number of benzene rings is 1. The fourth-order valence-electron chi connectivity index (χ4n) is 5.16. The van der Waals surface area contributed by atoms with Gasteiger partial charge in [-0.2, -0.15) is 0 Å². The van der Waals surface area contributed by atoms with E-state index in [0.717, 1.165) is 38.2 Å². The molecule has 2 amide bonds. The fraction of sp³-hybridized carbons (Fsp3) is 0.680. The summed E-state index contributed by atoms with van der Waals surface area (Å²) in [6.07, 6.45) is 3.78. The number of amides is 2. The summed E-state index contributed by atoms with van der Waals surface area (Å²) in [5, 5.41) is 3.11. The number of carbonyl (C=O) groups excluding carboxylic acids is 2. The van der Waals surface area contributed by atoms with Crippen molar-refractivity contribution in [3.8, 4) is 5.75 Å². The first-order valence-corrected chi connectivity index (χ1v) is 11.8. The molecule has 6 nitrogen and oxygen atoms in total. The molecule has 0 aliphatic carbocycles. The highest BCUT2D eigenvalue weighted by atomic mass is 19.1. The molecule has 178 valence electrons. The number of nitrogens with zero attached hydrogens (tertiary/aromatic N) is 2. The van der Waals surface area contributed by atoms with Gasteiger partial charge in [0.15, 0.2) is 11.6 Å². The van der Waals surface area contributed by atoms with E-state index in [-0.39, 0.29) is 17.6 Å². The van der Waals surface area contributed by atoms with Crippen LogP contribution in [0.2, 0.25) is 0 Å². The molecule has 2 unspecified atom stereocenters. The van der Waals surface area contributed by atoms with Crippen molar-refractivity contribution in [3.05, 3.63) is 29.6 Å². The molecule has 32 heavy (non-hydrogen) atoms. The molecule has 0 aromatic heterocycles. The Bertz CT molecular complexity index is 816. The number of ether oxygens (including phenoxy) is 1. The van der Waals surface area contributed by atoms with Gasteiger partial charge in [-0.3, -0.25) is 9.59 Å². The molecule has 2 atom stereocenters. The van der Waals surface area contributed by atoms with Crippen LogP contribution in [0.4, 0.5) is 4.39 Å². The standard InChI is InChI=1S/C25H38FN3O3/c1-18(2)15-29-12-9-20(17-29)16-28(3)24(31)8-11-25(10-7-23(30)27-25)14-19-5-6-21(26)22(13-19)32-4/h5-6,13,18,20H,7-12,14-17H2,1-4H3,(H,27,30). The van der Waals surface area contributed by atoms with Gasteiger partial charge in [0.1, 0.15) is 0 Å². The first kappa shape index (κ1) is 24.5. The van der Waals surface area contributed by atoms with E-state index in [4.69, 9.17) is 4.74 Å². The van der Waals surface area contributed by atoms with Crippen LogP contribution in [-0.2, 0) is 16.0 Å². The van der Waals surface area contributed by atoms with E-state index in [9.17, 15) is 14.0 Å². The number of halogens is 1. The molecule has 0 radical (unpaired) electrons. The third kappa shape index (κ3) is 6.44. The normalized spacial score (nSPS) is 23.6. The third-order valence-electron chi connectivity index (χ3n) is 6.76. The van der Waals surface area contributed by atoms with Gasteiger partial charge in [0, 0.05) is 45.1 Å². The molecule has 1 N–H and O–H groups in total. The van der Waals surface area contributed by atoms with E-state index < -0.39 is 11.4 Å². The highest BCUT2D eigenvalue weighted by Crippen LogP contribution is 2.31. The maximum Gasteiger partial charge on any atom is 0.222 e. The molecule has 2 heterocycles. The summed E-state index contributed by atoms with van der Waals surface area (Å²) < 4.78 is 18.9. The molecule has 0 spiro atoms. The van der Waals surface area contributed by atoms with Crippen LogP contribution < -0.4 is 10.1 Å². The molecular weight excluding hydrogens is 409 g/mol. The summed E-state index contributed by atoms with van der Waals surface area (Å²) in [6, 6.07) is 4.79. The number of likely N-dealkylation sites (tertiary alicyclic amines) is 1. The first-order valence-electron chi connectivity index (χ1n) is 11.8. The zero-order valence-corrected chi connectivity index (χ0v) is 20.0. The second-order valence-electron chi connectivity index (χ2n) is 10.1. The number of carbonyl (C=O) groups is 2. The van der Waals surface area contributed by atoms with E-state index in [2.05, 4.69) is 24.1 Å².